The summed E-state index contributed by atoms with van der Waals surface area (Å²) in [5, 5.41) is 13.4. The fraction of sp³-hybridized carbons (Fsp3) is 0.231. The van der Waals surface area contributed by atoms with E-state index in [9.17, 15) is 19.2 Å². The molecule has 1 aromatic rings. The van der Waals surface area contributed by atoms with Crippen LogP contribution in [-0.4, -0.2) is 35.2 Å². The van der Waals surface area contributed by atoms with E-state index in [1.165, 1.54) is 0 Å². The maximum atomic E-state index is 11.6. The van der Waals surface area contributed by atoms with Crippen LogP contribution in [0.5, 0.6) is 0 Å². The Balaban J connectivity index is 2.63. The molecule has 0 saturated heterocycles. The Morgan fingerprint density at radius 3 is 2.25 bits per heavy atom. The number of benzene rings is 1. The summed E-state index contributed by atoms with van der Waals surface area (Å²) in [6.45, 7) is 0.603. The molecule has 1 aromatic carbocycles. The van der Waals surface area contributed by atoms with E-state index in [-0.39, 0.29) is 0 Å². The predicted molar refractivity (Wildman–Crippen MR) is 68.7 cm³/mol. The summed E-state index contributed by atoms with van der Waals surface area (Å²) in [5.74, 6) is -3.54. The first-order valence-electron chi connectivity index (χ1n) is 5.77. The summed E-state index contributed by atoms with van der Waals surface area (Å²) < 4.78 is 0. The van der Waals surface area contributed by atoms with Crippen molar-refractivity contribution < 1.29 is 24.3 Å². The average molecular weight is 278 g/mol. The molecule has 1 atom stereocenters. The molecule has 3 N–H and O–H groups in total. The number of hydrogen-bond donors (Lipinski definition) is 3. The van der Waals surface area contributed by atoms with Gasteiger partial charge < -0.3 is 15.7 Å². The summed E-state index contributed by atoms with van der Waals surface area (Å²) in [6.07, 6.45) is 0. The molecule has 2 amide bonds. The van der Waals surface area contributed by atoms with E-state index in [4.69, 9.17) is 5.11 Å². The number of amides is 2. The molecule has 0 aliphatic heterocycles. The number of Topliss-reactive ketones (excluding diaryl/α,β-unsaturated/α-hetero) is 1. The van der Waals surface area contributed by atoms with Gasteiger partial charge in [0.05, 0.1) is 6.54 Å². The van der Waals surface area contributed by atoms with Gasteiger partial charge in [-0.1, -0.05) is 30.3 Å². The second-order valence-corrected chi connectivity index (χ2v) is 3.99. The van der Waals surface area contributed by atoms with Crippen LogP contribution in [0.4, 0.5) is 0 Å². The smallest absolute Gasteiger partial charge is 0.330 e. The number of nitrogens with one attached hydrogen (secondary N) is 2. The van der Waals surface area contributed by atoms with Gasteiger partial charge in [0.1, 0.15) is 0 Å². The van der Waals surface area contributed by atoms with E-state index >= 15 is 0 Å². The van der Waals surface area contributed by atoms with Crippen LogP contribution >= 0.6 is 0 Å². The molecular formula is C13H14N2O5. The first kappa shape index (κ1) is 15.4. The average Bonchev–Trinajstić information content (AvgIpc) is 2.42. The number of carbonyl (C=O) groups is 4. The third-order valence-electron chi connectivity index (χ3n) is 2.41. The lowest BCUT2D eigenvalue weighted by atomic mass is 10.1. The Morgan fingerprint density at radius 1 is 1.15 bits per heavy atom. The molecule has 7 heteroatoms. The number of rotatable bonds is 6. The van der Waals surface area contributed by atoms with Crippen molar-refractivity contribution in [3.8, 4) is 0 Å². The van der Waals surface area contributed by atoms with Gasteiger partial charge >= 0.3 is 5.97 Å². The summed E-state index contributed by atoms with van der Waals surface area (Å²) in [6, 6.07) is 6.93. The van der Waals surface area contributed by atoms with Gasteiger partial charge in [-0.3, -0.25) is 14.4 Å². The third kappa shape index (κ3) is 4.52. The molecule has 0 saturated carbocycles. The molecule has 0 fully saturated rings. The van der Waals surface area contributed by atoms with Crippen LogP contribution in [0.15, 0.2) is 30.3 Å². The minimum absolute atomic E-state index is 0.409. The van der Waals surface area contributed by atoms with Gasteiger partial charge in [-0.25, -0.2) is 4.79 Å². The summed E-state index contributed by atoms with van der Waals surface area (Å²) in [5.41, 5.74) is 0.409. The van der Waals surface area contributed by atoms with Crippen molar-refractivity contribution in [2.75, 3.05) is 6.54 Å². The van der Waals surface area contributed by atoms with Gasteiger partial charge in [-0.2, -0.15) is 0 Å². The van der Waals surface area contributed by atoms with Crippen LogP contribution in [0, 0.1) is 0 Å². The molecule has 0 bridgehead atoms. The van der Waals surface area contributed by atoms with Gasteiger partial charge in [0.2, 0.25) is 11.7 Å². The van der Waals surface area contributed by atoms with E-state index in [2.05, 4.69) is 10.6 Å². The molecule has 0 unspecified atom stereocenters. The highest BCUT2D eigenvalue weighted by molar-refractivity contribution is 6.35. The fourth-order valence-electron chi connectivity index (χ4n) is 1.43. The third-order valence-corrected chi connectivity index (χ3v) is 2.41. The van der Waals surface area contributed by atoms with Gasteiger partial charge in [-0.05, 0) is 5.56 Å². The van der Waals surface area contributed by atoms with Crippen molar-refractivity contribution in [3.63, 3.8) is 0 Å². The Bertz CT molecular complexity index is 527. The van der Waals surface area contributed by atoms with Crippen LogP contribution in [0.1, 0.15) is 18.5 Å². The summed E-state index contributed by atoms with van der Waals surface area (Å²) in [4.78, 5) is 44.3. The zero-order valence-electron chi connectivity index (χ0n) is 10.8. The second-order valence-electron chi connectivity index (χ2n) is 3.99. The molecule has 0 heterocycles. The first-order valence-corrected chi connectivity index (χ1v) is 5.77. The van der Waals surface area contributed by atoms with Crippen LogP contribution in [0.25, 0.3) is 0 Å². The van der Waals surface area contributed by atoms with E-state index in [0.29, 0.717) is 5.56 Å². The van der Waals surface area contributed by atoms with Crippen molar-refractivity contribution in [3.05, 3.63) is 35.9 Å². The largest absolute Gasteiger partial charge is 0.479 e. The lowest BCUT2D eigenvalue weighted by Crippen LogP contribution is -2.42. The molecule has 0 radical (unpaired) electrons. The number of ketones is 1. The molecule has 106 valence electrons. The monoisotopic (exact) mass is 278 g/mol. The Hall–Kier alpha value is -2.70. The molecule has 1 rings (SSSR count). The van der Waals surface area contributed by atoms with Gasteiger partial charge in [-0.15, -0.1) is 0 Å². The normalized spacial score (nSPS) is 11.2. The van der Waals surface area contributed by atoms with Crippen LogP contribution in [-0.2, 0) is 19.2 Å². The van der Waals surface area contributed by atoms with Gasteiger partial charge in [0.15, 0.2) is 6.04 Å². The number of aliphatic carboxylic acids is 1. The maximum absolute atomic E-state index is 11.6. The molecule has 7 nitrogen and oxygen atoms in total. The zero-order valence-corrected chi connectivity index (χ0v) is 10.8. The van der Waals surface area contributed by atoms with E-state index in [0.717, 1.165) is 6.92 Å². The maximum Gasteiger partial charge on any atom is 0.330 e. The van der Waals surface area contributed by atoms with Gasteiger partial charge in [0.25, 0.3) is 5.91 Å². The molecule has 0 aliphatic carbocycles. The van der Waals surface area contributed by atoms with Crippen LogP contribution in [0.2, 0.25) is 0 Å². The van der Waals surface area contributed by atoms with E-state index < -0.39 is 36.2 Å². The van der Waals surface area contributed by atoms with Crippen molar-refractivity contribution in [2.24, 2.45) is 0 Å². The van der Waals surface area contributed by atoms with Crippen LogP contribution < -0.4 is 10.6 Å². The highest BCUT2D eigenvalue weighted by Gasteiger charge is 2.22. The van der Waals surface area contributed by atoms with Crippen molar-refractivity contribution in [1.82, 2.24) is 10.6 Å². The standard InChI is InChI=1S/C13H14N2O5/c1-8(16)12(18)14-7-10(17)15-11(13(19)20)9-5-3-2-4-6-9/h2-6,11H,7H2,1H3,(H,14,18)(H,15,17)(H,19,20)/t11-/m0/s1. The number of carboxylic acids is 1. The Kier molecular flexibility index (Phi) is 5.40. The van der Waals surface area contributed by atoms with Crippen molar-refractivity contribution in [1.29, 1.82) is 0 Å². The molecule has 20 heavy (non-hydrogen) atoms. The second kappa shape index (κ2) is 7.03. The highest BCUT2D eigenvalue weighted by Crippen LogP contribution is 2.12. The zero-order chi connectivity index (χ0) is 15.1. The minimum atomic E-state index is -1.22. The van der Waals surface area contributed by atoms with Crippen molar-refractivity contribution >= 4 is 23.6 Å². The van der Waals surface area contributed by atoms with Crippen molar-refractivity contribution in [2.45, 2.75) is 13.0 Å². The molecular weight excluding hydrogens is 264 g/mol. The van der Waals surface area contributed by atoms with Crippen LogP contribution in [0.3, 0.4) is 0 Å². The number of carbonyl (C=O) groups excluding carboxylic acids is 3. The highest BCUT2D eigenvalue weighted by atomic mass is 16.4. The number of carboxylic acid groups (broad SMARTS) is 1. The lowest BCUT2D eigenvalue weighted by molar-refractivity contribution is -0.142. The molecule has 0 aromatic heterocycles. The van der Waals surface area contributed by atoms with Gasteiger partial charge in [0, 0.05) is 6.92 Å². The Labute approximate surface area is 115 Å². The summed E-state index contributed by atoms with van der Waals surface area (Å²) in [7, 11) is 0. The SMILES string of the molecule is CC(=O)C(=O)NCC(=O)N[C@H](C(=O)O)c1ccccc1. The van der Waals surface area contributed by atoms with E-state index in [1.807, 2.05) is 0 Å². The topological polar surface area (TPSA) is 113 Å². The Morgan fingerprint density at radius 2 is 1.75 bits per heavy atom. The fourth-order valence-corrected chi connectivity index (χ4v) is 1.43. The summed E-state index contributed by atoms with van der Waals surface area (Å²) >= 11 is 0. The molecule has 0 aliphatic rings. The lowest BCUT2D eigenvalue weighted by Gasteiger charge is -2.14. The quantitative estimate of drug-likeness (QED) is 0.615. The molecule has 0 spiro atoms. The minimum Gasteiger partial charge on any atom is -0.479 e. The first-order chi connectivity index (χ1) is 9.41. The van der Waals surface area contributed by atoms with E-state index in [1.54, 1.807) is 30.3 Å². The predicted octanol–water partition coefficient (Wildman–Crippen LogP) is -0.366. The number of hydrogen-bond acceptors (Lipinski definition) is 4.